The highest BCUT2D eigenvalue weighted by molar-refractivity contribution is 9.09. The molecule has 0 aliphatic carbocycles. The Morgan fingerprint density at radius 2 is 2.12 bits per heavy atom. The van der Waals surface area contributed by atoms with Gasteiger partial charge in [-0.1, -0.05) is 39.7 Å². The fourth-order valence-corrected chi connectivity index (χ4v) is 2.47. The van der Waals surface area contributed by atoms with E-state index in [0.29, 0.717) is 11.6 Å². The number of hydrogen-bond acceptors (Lipinski definition) is 2. The normalized spacial score (nSPS) is 29.6. The lowest BCUT2D eigenvalue weighted by Crippen LogP contribution is -2.28. The molecule has 2 unspecified atom stereocenters. The largest absolute Gasteiger partial charge is 0.343 e. The highest BCUT2D eigenvalue weighted by atomic mass is 79.9. The minimum atomic E-state index is -0.666. The predicted octanol–water partition coefficient (Wildman–Crippen LogP) is 3.53. The van der Waals surface area contributed by atoms with Gasteiger partial charge in [0.2, 0.25) is 0 Å². The van der Waals surface area contributed by atoms with Gasteiger partial charge in [0.1, 0.15) is 0 Å². The molecule has 1 aromatic carbocycles. The van der Waals surface area contributed by atoms with Gasteiger partial charge in [0.05, 0.1) is 12.7 Å². The Kier molecular flexibility index (Phi) is 3.90. The SMILES string of the molecule is [CH2]C1COC(CCBr)(c2ccc(Cl)cc2)O1. The summed E-state index contributed by atoms with van der Waals surface area (Å²) in [6, 6.07) is 7.55. The molecule has 2 nitrogen and oxygen atoms in total. The molecular weight excluding hydrogens is 291 g/mol. The first-order valence-electron chi connectivity index (χ1n) is 5.13. The summed E-state index contributed by atoms with van der Waals surface area (Å²) >= 11 is 9.29. The van der Waals surface area contributed by atoms with Gasteiger partial charge < -0.3 is 9.47 Å². The molecule has 0 N–H and O–H groups in total. The molecule has 0 aromatic heterocycles. The van der Waals surface area contributed by atoms with Crippen LogP contribution in [0.3, 0.4) is 0 Å². The number of hydrogen-bond donors (Lipinski definition) is 0. The molecule has 1 heterocycles. The molecule has 1 aliphatic rings. The molecule has 0 amide bonds. The average Bonchev–Trinajstić information content (AvgIpc) is 2.63. The van der Waals surface area contributed by atoms with Gasteiger partial charge in [0, 0.05) is 22.3 Å². The molecule has 0 spiro atoms. The average molecular weight is 305 g/mol. The summed E-state index contributed by atoms with van der Waals surface area (Å²) < 4.78 is 11.6. The maximum atomic E-state index is 5.87. The van der Waals surface area contributed by atoms with Crippen LogP contribution < -0.4 is 0 Å². The predicted molar refractivity (Wildman–Crippen MR) is 67.7 cm³/mol. The second-order valence-electron chi connectivity index (χ2n) is 3.75. The highest BCUT2D eigenvalue weighted by Crippen LogP contribution is 2.38. The van der Waals surface area contributed by atoms with E-state index in [1.54, 1.807) is 0 Å². The lowest BCUT2D eigenvalue weighted by atomic mass is 10.0. The Hall–Kier alpha value is -0.0900. The maximum absolute atomic E-state index is 5.87. The van der Waals surface area contributed by atoms with Crippen LogP contribution in [0.15, 0.2) is 24.3 Å². The second kappa shape index (κ2) is 5.05. The van der Waals surface area contributed by atoms with Crippen molar-refractivity contribution in [1.82, 2.24) is 0 Å². The summed E-state index contributed by atoms with van der Waals surface area (Å²) in [5, 5.41) is 1.52. The first kappa shape index (κ1) is 12.4. The number of benzene rings is 1. The Balaban J connectivity index is 2.28. The zero-order chi connectivity index (χ0) is 11.6. The summed E-state index contributed by atoms with van der Waals surface area (Å²) in [6.07, 6.45) is 0.635. The Morgan fingerprint density at radius 1 is 1.44 bits per heavy atom. The highest BCUT2D eigenvalue weighted by Gasteiger charge is 2.40. The zero-order valence-corrected chi connectivity index (χ0v) is 11.1. The van der Waals surface area contributed by atoms with Crippen LogP contribution in [0.4, 0.5) is 0 Å². The molecule has 16 heavy (non-hydrogen) atoms. The van der Waals surface area contributed by atoms with Crippen molar-refractivity contribution in [2.24, 2.45) is 0 Å². The molecule has 0 saturated carbocycles. The van der Waals surface area contributed by atoms with E-state index in [-0.39, 0.29) is 6.10 Å². The van der Waals surface area contributed by atoms with E-state index in [1.807, 2.05) is 24.3 Å². The summed E-state index contributed by atoms with van der Waals surface area (Å²) in [7, 11) is 0. The molecule has 87 valence electrons. The van der Waals surface area contributed by atoms with Crippen LogP contribution >= 0.6 is 27.5 Å². The Morgan fingerprint density at radius 3 is 2.62 bits per heavy atom. The van der Waals surface area contributed by atoms with Gasteiger partial charge in [-0.05, 0) is 19.1 Å². The van der Waals surface area contributed by atoms with Crippen LogP contribution in [0.25, 0.3) is 0 Å². The molecule has 4 heteroatoms. The summed E-state index contributed by atoms with van der Waals surface area (Å²) in [5.74, 6) is -0.666. The minimum Gasteiger partial charge on any atom is -0.343 e. The topological polar surface area (TPSA) is 18.5 Å². The van der Waals surface area contributed by atoms with E-state index in [1.165, 1.54) is 0 Å². The minimum absolute atomic E-state index is 0.116. The van der Waals surface area contributed by atoms with Crippen molar-refractivity contribution in [3.8, 4) is 0 Å². The van der Waals surface area contributed by atoms with Crippen molar-refractivity contribution in [1.29, 1.82) is 0 Å². The standard InChI is InChI=1S/C12H13BrClO2/c1-9-8-15-12(16-9,6-7-13)10-2-4-11(14)5-3-10/h2-5,9H,1,6-8H2. The molecule has 1 fully saturated rings. The smallest absolute Gasteiger partial charge is 0.196 e. The Bertz CT molecular complexity index is 351. The summed E-state index contributed by atoms with van der Waals surface area (Å²) in [5.41, 5.74) is 0.988. The zero-order valence-electron chi connectivity index (χ0n) is 8.79. The van der Waals surface area contributed by atoms with Gasteiger partial charge in [-0.2, -0.15) is 0 Å². The van der Waals surface area contributed by atoms with E-state index < -0.39 is 5.79 Å². The fourth-order valence-electron chi connectivity index (χ4n) is 1.82. The number of rotatable bonds is 3. The maximum Gasteiger partial charge on any atom is 0.196 e. The van der Waals surface area contributed by atoms with Crippen LogP contribution in [0.5, 0.6) is 0 Å². The van der Waals surface area contributed by atoms with Crippen molar-refractivity contribution in [2.45, 2.75) is 18.3 Å². The molecule has 0 bridgehead atoms. The van der Waals surface area contributed by atoms with Crippen LogP contribution in [0.2, 0.25) is 5.02 Å². The Labute approximate surface area is 109 Å². The first-order valence-corrected chi connectivity index (χ1v) is 6.63. The van der Waals surface area contributed by atoms with Crippen molar-refractivity contribution < 1.29 is 9.47 Å². The monoisotopic (exact) mass is 303 g/mol. The van der Waals surface area contributed by atoms with E-state index in [4.69, 9.17) is 21.1 Å². The van der Waals surface area contributed by atoms with Crippen LogP contribution in [0, 0.1) is 6.92 Å². The number of alkyl halides is 1. The number of halogens is 2. The summed E-state index contributed by atoms with van der Waals surface area (Å²) in [4.78, 5) is 0. The quantitative estimate of drug-likeness (QED) is 0.795. The number of ether oxygens (including phenoxy) is 2. The molecule has 1 aromatic rings. The van der Waals surface area contributed by atoms with Gasteiger partial charge in [0.25, 0.3) is 0 Å². The van der Waals surface area contributed by atoms with Gasteiger partial charge in [-0.25, -0.2) is 0 Å². The third-order valence-electron chi connectivity index (χ3n) is 2.57. The lowest BCUT2D eigenvalue weighted by Gasteiger charge is -2.27. The van der Waals surface area contributed by atoms with Crippen molar-refractivity contribution >= 4 is 27.5 Å². The molecule has 1 radical (unpaired) electrons. The van der Waals surface area contributed by atoms with Crippen LogP contribution in [-0.4, -0.2) is 18.0 Å². The van der Waals surface area contributed by atoms with Gasteiger partial charge in [-0.3, -0.25) is 0 Å². The fraction of sp³-hybridized carbons (Fsp3) is 0.417. The molecule has 2 atom stereocenters. The van der Waals surface area contributed by atoms with E-state index in [0.717, 1.165) is 17.3 Å². The molecule has 1 aliphatic heterocycles. The van der Waals surface area contributed by atoms with Crippen molar-refractivity contribution in [3.05, 3.63) is 41.8 Å². The van der Waals surface area contributed by atoms with Crippen molar-refractivity contribution in [2.75, 3.05) is 11.9 Å². The third-order valence-corrected chi connectivity index (χ3v) is 3.22. The molecule has 1 saturated heterocycles. The molecular formula is C12H13BrClO2. The van der Waals surface area contributed by atoms with E-state index >= 15 is 0 Å². The van der Waals surface area contributed by atoms with Crippen LogP contribution in [0.1, 0.15) is 12.0 Å². The van der Waals surface area contributed by atoms with Gasteiger partial charge in [0.15, 0.2) is 5.79 Å². The summed E-state index contributed by atoms with van der Waals surface area (Å²) in [6.45, 7) is 4.39. The lowest BCUT2D eigenvalue weighted by molar-refractivity contribution is -0.173. The van der Waals surface area contributed by atoms with Crippen molar-refractivity contribution in [3.63, 3.8) is 0 Å². The first-order chi connectivity index (χ1) is 7.66. The van der Waals surface area contributed by atoms with E-state index in [2.05, 4.69) is 22.9 Å². The van der Waals surface area contributed by atoms with Gasteiger partial charge in [-0.15, -0.1) is 0 Å². The van der Waals surface area contributed by atoms with Crippen LogP contribution in [-0.2, 0) is 15.3 Å². The van der Waals surface area contributed by atoms with Gasteiger partial charge >= 0.3 is 0 Å². The third kappa shape index (κ3) is 2.43. The van der Waals surface area contributed by atoms with E-state index in [9.17, 15) is 0 Å². The molecule has 2 rings (SSSR count). The second-order valence-corrected chi connectivity index (χ2v) is 4.98.